The van der Waals surface area contributed by atoms with E-state index in [0.717, 1.165) is 47.8 Å². The number of hydrogen-bond acceptors (Lipinski definition) is 3. The van der Waals surface area contributed by atoms with Crippen molar-refractivity contribution in [2.75, 3.05) is 13.1 Å². The molecular formula is C21H25F2N5. The van der Waals surface area contributed by atoms with Gasteiger partial charge >= 0.3 is 0 Å². The first-order valence-electron chi connectivity index (χ1n) is 10.1. The summed E-state index contributed by atoms with van der Waals surface area (Å²) in [5.74, 6) is -2.05. The van der Waals surface area contributed by atoms with Gasteiger partial charge in [-0.15, -0.1) is 0 Å². The first kappa shape index (κ1) is 17.8. The van der Waals surface area contributed by atoms with Gasteiger partial charge in [0.25, 0.3) is 5.92 Å². The van der Waals surface area contributed by atoms with Crippen LogP contribution in [0.5, 0.6) is 0 Å². The molecular weight excluding hydrogens is 360 g/mol. The van der Waals surface area contributed by atoms with E-state index in [2.05, 4.69) is 21.1 Å². The summed E-state index contributed by atoms with van der Waals surface area (Å²) in [5, 5.41) is 5.39. The largest absolute Gasteiger partial charge is 0.346 e. The maximum Gasteiger partial charge on any atom is 0.261 e. The third-order valence-electron chi connectivity index (χ3n) is 6.45. The second kappa shape index (κ2) is 6.65. The number of aromatic nitrogens is 4. The van der Waals surface area contributed by atoms with Crippen molar-refractivity contribution in [3.05, 3.63) is 36.4 Å². The number of pyridine rings is 1. The molecule has 28 heavy (non-hydrogen) atoms. The van der Waals surface area contributed by atoms with Crippen molar-refractivity contribution in [3.8, 4) is 11.1 Å². The number of aryl methyl sites for hydroxylation is 1. The quantitative estimate of drug-likeness (QED) is 0.730. The predicted octanol–water partition coefficient (Wildman–Crippen LogP) is 4.33. The van der Waals surface area contributed by atoms with Gasteiger partial charge in [-0.2, -0.15) is 5.10 Å². The fraction of sp³-hybridized carbons (Fsp3) is 0.524. The van der Waals surface area contributed by atoms with Crippen molar-refractivity contribution in [3.63, 3.8) is 0 Å². The van der Waals surface area contributed by atoms with Crippen LogP contribution in [0.3, 0.4) is 0 Å². The lowest BCUT2D eigenvalue weighted by molar-refractivity contribution is 0.00517. The zero-order valence-corrected chi connectivity index (χ0v) is 16.0. The van der Waals surface area contributed by atoms with Crippen LogP contribution in [-0.2, 0) is 7.05 Å². The Morgan fingerprint density at radius 2 is 2.00 bits per heavy atom. The number of nitrogens with zero attached hydrogens (tertiary/aromatic N) is 4. The van der Waals surface area contributed by atoms with Crippen LogP contribution in [0.2, 0.25) is 0 Å². The normalized spacial score (nSPS) is 25.5. The second-order valence-corrected chi connectivity index (χ2v) is 8.35. The number of halogens is 2. The molecule has 0 spiro atoms. The van der Waals surface area contributed by atoms with Crippen molar-refractivity contribution in [2.45, 2.75) is 50.0 Å². The molecule has 0 atom stereocenters. The molecule has 0 unspecified atom stereocenters. The lowest BCUT2D eigenvalue weighted by Crippen LogP contribution is -2.37. The van der Waals surface area contributed by atoms with Crippen molar-refractivity contribution < 1.29 is 8.78 Å². The van der Waals surface area contributed by atoms with Gasteiger partial charge in [0.05, 0.1) is 12.7 Å². The number of nitrogens with one attached hydrogen (secondary N) is 1. The topological polar surface area (TPSA) is 49.7 Å². The molecule has 1 aliphatic carbocycles. The lowest BCUT2D eigenvalue weighted by atomic mass is 9.81. The number of alkyl halides is 2. The molecule has 5 nitrogen and oxygen atoms in total. The van der Waals surface area contributed by atoms with E-state index in [0.29, 0.717) is 18.5 Å². The summed E-state index contributed by atoms with van der Waals surface area (Å²) in [5.41, 5.74) is 4.33. The number of rotatable bonds is 3. The zero-order valence-electron chi connectivity index (χ0n) is 16.0. The van der Waals surface area contributed by atoms with Crippen LogP contribution in [0.15, 0.2) is 30.9 Å². The molecule has 1 N–H and O–H groups in total. The Morgan fingerprint density at radius 3 is 2.68 bits per heavy atom. The van der Waals surface area contributed by atoms with Gasteiger partial charge < -0.3 is 4.98 Å². The van der Waals surface area contributed by atoms with E-state index in [4.69, 9.17) is 0 Å². The number of likely N-dealkylation sites (tertiary alicyclic amines) is 1. The zero-order chi connectivity index (χ0) is 19.3. The van der Waals surface area contributed by atoms with Crippen LogP contribution >= 0.6 is 0 Å². The third-order valence-corrected chi connectivity index (χ3v) is 6.45. The Labute approximate surface area is 162 Å². The van der Waals surface area contributed by atoms with Crippen molar-refractivity contribution in [2.24, 2.45) is 7.05 Å². The number of hydrogen-bond donors (Lipinski definition) is 1. The van der Waals surface area contributed by atoms with Crippen LogP contribution < -0.4 is 0 Å². The van der Waals surface area contributed by atoms with Crippen LogP contribution in [-0.4, -0.2) is 49.7 Å². The maximum absolute atomic E-state index is 13.5. The smallest absolute Gasteiger partial charge is 0.261 e. The second-order valence-electron chi connectivity index (χ2n) is 8.35. The summed E-state index contributed by atoms with van der Waals surface area (Å²) in [6, 6.07) is 2.55. The van der Waals surface area contributed by atoms with Crippen LogP contribution in [0.1, 0.15) is 43.6 Å². The molecule has 4 heterocycles. The van der Waals surface area contributed by atoms with Crippen LogP contribution in [0.4, 0.5) is 8.78 Å². The highest BCUT2D eigenvalue weighted by atomic mass is 19.3. The Hall–Kier alpha value is -2.28. The molecule has 2 fully saturated rings. The van der Waals surface area contributed by atoms with E-state index in [-0.39, 0.29) is 13.0 Å². The molecule has 0 amide bonds. The van der Waals surface area contributed by atoms with Gasteiger partial charge in [-0.1, -0.05) is 0 Å². The van der Waals surface area contributed by atoms with Crippen molar-refractivity contribution in [1.82, 2.24) is 24.6 Å². The average Bonchev–Trinajstić information content (AvgIpc) is 3.39. The highest BCUT2D eigenvalue weighted by Crippen LogP contribution is 2.39. The third kappa shape index (κ3) is 3.21. The van der Waals surface area contributed by atoms with Crippen molar-refractivity contribution in [1.29, 1.82) is 0 Å². The standard InChI is InChI=1S/C21H25F2N5/c1-27-12-16(10-26-27)19-11-25-20-18(19)8-15(9-24-20)14-2-4-17(5-3-14)28-7-6-21(22,23)13-28/h8-12,14,17H,2-7,13H2,1H3,(H,24,25)/t14-,17+. The lowest BCUT2D eigenvalue weighted by Gasteiger charge is -2.34. The van der Waals surface area contributed by atoms with E-state index in [1.165, 1.54) is 5.56 Å². The molecule has 0 bridgehead atoms. The Bertz CT molecular complexity index is 984. The molecule has 1 aliphatic heterocycles. The molecule has 0 aromatic carbocycles. The van der Waals surface area contributed by atoms with Gasteiger partial charge in [-0.3, -0.25) is 9.58 Å². The highest BCUT2D eigenvalue weighted by Gasteiger charge is 2.41. The molecule has 3 aromatic rings. The molecule has 7 heteroatoms. The summed E-state index contributed by atoms with van der Waals surface area (Å²) in [6.07, 6.45) is 11.9. The van der Waals surface area contributed by atoms with Gasteiger partial charge in [0.15, 0.2) is 0 Å². The van der Waals surface area contributed by atoms with E-state index < -0.39 is 5.92 Å². The fourth-order valence-corrected chi connectivity index (χ4v) is 4.89. The van der Waals surface area contributed by atoms with Gasteiger partial charge in [-0.25, -0.2) is 13.8 Å². The number of fused-ring (bicyclic) bond motifs is 1. The van der Waals surface area contributed by atoms with Gasteiger partial charge in [0.2, 0.25) is 0 Å². The minimum absolute atomic E-state index is 0.0120. The minimum atomic E-state index is -2.50. The molecule has 0 radical (unpaired) electrons. The minimum Gasteiger partial charge on any atom is -0.346 e. The highest BCUT2D eigenvalue weighted by molar-refractivity contribution is 5.93. The Balaban J connectivity index is 1.33. The summed E-state index contributed by atoms with van der Waals surface area (Å²) in [6.45, 7) is 0.474. The van der Waals surface area contributed by atoms with Crippen LogP contribution in [0, 0.1) is 0 Å². The molecule has 5 rings (SSSR count). The van der Waals surface area contributed by atoms with Crippen molar-refractivity contribution >= 4 is 11.0 Å². The SMILES string of the molecule is Cn1cc(-c2c[nH]c3ncc([C@H]4CC[C@@H](N5CCC(F)(F)C5)CC4)cc23)cn1. The summed E-state index contributed by atoms with van der Waals surface area (Å²) in [7, 11) is 1.91. The van der Waals surface area contributed by atoms with Gasteiger partial charge in [0, 0.05) is 61.2 Å². The number of aromatic amines is 1. The Kier molecular flexibility index (Phi) is 4.23. The molecule has 1 saturated heterocycles. The average molecular weight is 385 g/mol. The monoisotopic (exact) mass is 385 g/mol. The van der Waals surface area contributed by atoms with Crippen LogP contribution in [0.25, 0.3) is 22.2 Å². The molecule has 148 valence electrons. The fourth-order valence-electron chi connectivity index (χ4n) is 4.89. The van der Waals surface area contributed by atoms with E-state index in [1.54, 1.807) is 4.68 Å². The maximum atomic E-state index is 13.5. The van der Waals surface area contributed by atoms with E-state index in [1.807, 2.05) is 36.7 Å². The summed E-state index contributed by atoms with van der Waals surface area (Å²) in [4.78, 5) is 9.89. The summed E-state index contributed by atoms with van der Waals surface area (Å²) >= 11 is 0. The molecule has 2 aliphatic rings. The van der Waals surface area contributed by atoms with Gasteiger partial charge in [-0.05, 0) is 43.2 Å². The molecule has 3 aromatic heterocycles. The summed E-state index contributed by atoms with van der Waals surface area (Å²) < 4.78 is 28.9. The first-order chi connectivity index (χ1) is 13.5. The predicted molar refractivity (Wildman–Crippen MR) is 104 cm³/mol. The van der Waals surface area contributed by atoms with E-state index in [9.17, 15) is 8.78 Å². The Morgan fingerprint density at radius 1 is 1.18 bits per heavy atom. The molecule has 1 saturated carbocycles. The van der Waals surface area contributed by atoms with E-state index >= 15 is 0 Å². The number of H-pyrrole nitrogens is 1. The first-order valence-corrected chi connectivity index (χ1v) is 10.1. The van der Waals surface area contributed by atoms with Gasteiger partial charge in [0.1, 0.15) is 5.65 Å².